The van der Waals surface area contributed by atoms with E-state index < -0.39 is 0 Å². The van der Waals surface area contributed by atoms with Gasteiger partial charge in [-0.15, -0.1) is 11.3 Å². The maximum absolute atomic E-state index is 13.0. The number of rotatable bonds is 3. The second-order valence-corrected chi connectivity index (χ2v) is 8.65. The van der Waals surface area contributed by atoms with Crippen molar-refractivity contribution >= 4 is 29.0 Å². The molecule has 3 fully saturated rings. The van der Waals surface area contributed by atoms with E-state index in [2.05, 4.69) is 34.0 Å². The van der Waals surface area contributed by atoms with Crippen LogP contribution in [0.1, 0.15) is 49.6 Å². The van der Waals surface area contributed by atoms with Gasteiger partial charge in [0.15, 0.2) is 0 Å². The summed E-state index contributed by atoms with van der Waals surface area (Å²) in [5.74, 6) is 0.368. The van der Waals surface area contributed by atoms with Gasteiger partial charge in [-0.1, -0.05) is 12.5 Å². The van der Waals surface area contributed by atoms with Gasteiger partial charge in [0.05, 0.1) is 0 Å². The van der Waals surface area contributed by atoms with Crippen molar-refractivity contribution in [2.45, 2.75) is 61.5 Å². The molecule has 3 aliphatic rings. The van der Waals surface area contributed by atoms with Crippen molar-refractivity contribution in [3.05, 3.63) is 22.4 Å². The molecule has 0 radical (unpaired) electrons. The zero-order valence-electron chi connectivity index (χ0n) is 12.4. The van der Waals surface area contributed by atoms with Gasteiger partial charge in [0, 0.05) is 16.2 Å². The molecule has 3 unspecified atom stereocenters. The molecule has 1 spiro atoms. The number of nitrogens with one attached hydrogen (secondary N) is 1. The van der Waals surface area contributed by atoms with Gasteiger partial charge >= 0.3 is 0 Å². The number of carbonyl (C=O) groups is 1. The summed E-state index contributed by atoms with van der Waals surface area (Å²) in [5, 5.41) is 6.49. The van der Waals surface area contributed by atoms with Crippen LogP contribution in [0, 0.1) is 0 Å². The topological polar surface area (TPSA) is 32.3 Å². The summed E-state index contributed by atoms with van der Waals surface area (Å²) >= 11 is 3.73. The molecule has 21 heavy (non-hydrogen) atoms. The molecule has 4 rings (SSSR count). The van der Waals surface area contributed by atoms with E-state index in [-0.39, 0.29) is 11.7 Å². The number of thioether (sulfide) groups is 1. The third-order valence-corrected chi connectivity index (χ3v) is 7.24. The standard InChI is InChI=1S/C16H22N2OS2/c1-20-12-5-2-4-11(10-12)18-14(13-6-3-9-21-13)17-16(7-8-16)15(18)19/h3,6,9,11-12,14,17H,2,4-5,7-8,10H2,1H3. The Kier molecular flexibility index (Phi) is 3.55. The van der Waals surface area contributed by atoms with Crippen LogP contribution in [0.3, 0.4) is 0 Å². The first-order chi connectivity index (χ1) is 10.2. The lowest BCUT2D eigenvalue weighted by Crippen LogP contribution is -2.43. The smallest absolute Gasteiger partial charge is 0.244 e. The van der Waals surface area contributed by atoms with Gasteiger partial charge in [-0.25, -0.2) is 0 Å². The Hall–Kier alpha value is -0.520. The second kappa shape index (κ2) is 5.28. The van der Waals surface area contributed by atoms with Crippen LogP contribution in [-0.2, 0) is 4.79 Å². The summed E-state index contributed by atoms with van der Waals surface area (Å²) in [6.45, 7) is 0. The van der Waals surface area contributed by atoms with Gasteiger partial charge in [0.1, 0.15) is 11.7 Å². The molecule has 0 aromatic carbocycles. The Morgan fingerprint density at radius 3 is 2.95 bits per heavy atom. The van der Waals surface area contributed by atoms with Crippen LogP contribution >= 0.6 is 23.1 Å². The van der Waals surface area contributed by atoms with Gasteiger partial charge in [0.2, 0.25) is 5.91 Å². The van der Waals surface area contributed by atoms with Crippen LogP contribution < -0.4 is 5.32 Å². The van der Waals surface area contributed by atoms with Gasteiger partial charge in [0.25, 0.3) is 0 Å². The Labute approximate surface area is 134 Å². The molecule has 1 aliphatic heterocycles. The number of hydrogen-bond donors (Lipinski definition) is 1. The molecular weight excluding hydrogens is 300 g/mol. The largest absolute Gasteiger partial charge is 0.317 e. The molecule has 5 heteroatoms. The molecule has 2 heterocycles. The Balaban J connectivity index is 1.62. The fraction of sp³-hybridized carbons (Fsp3) is 0.688. The van der Waals surface area contributed by atoms with Crippen LogP contribution in [0.4, 0.5) is 0 Å². The first-order valence-corrected chi connectivity index (χ1v) is 10.1. The average Bonchev–Trinajstić information content (AvgIpc) is 2.97. The molecule has 3 atom stereocenters. The van der Waals surface area contributed by atoms with E-state index in [0.29, 0.717) is 11.9 Å². The van der Waals surface area contributed by atoms with E-state index >= 15 is 0 Å². The highest BCUT2D eigenvalue weighted by Crippen LogP contribution is 2.49. The summed E-state index contributed by atoms with van der Waals surface area (Å²) in [4.78, 5) is 16.5. The Bertz CT molecular complexity index is 526. The molecule has 3 nitrogen and oxygen atoms in total. The maximum atomic E-state index is 13.0. The molecule has 2 saturated carbocycles. The highest BCUT2D eigenvalue weighted by atomic mass is 32.2. The highest BCUT2D eigenvalue weighted by Gasteiger charge is 2.60. The van der Waals surface area contributed by atoms with E-state index in [0.717, 1.165) is 24.5 Å². The van der Waals surface area contributed by atoms with Crippen LogP contribution in [-0.4, -0.2) is 33.9 Å². The highest BCUT2D eigenvalue weighted by molar-refractivity contribution is 7.99. The average molecular weight is 322 g/mol. The third-order valence-electron chi connectivity index (χ3n) is 5.22. The summed E-state index contributed by atoms with van der Waals surface area (Å²) in [6.07, 6.45) is 9.24. The van der Waals surface area contributed by atoms with Crippen LogP contribution in [0.2, 0.25) is 0 Å². The monoisotopic (exact) mass is 322 g/mol. The second-order valence-electron chi connectivity index (χ2n) is 6.53. The van der Waals surface area contributed by atoms with Crippen molar-refractivity contribution in [1.82, 2.24) is 10.2 Å². The van der Waals surface area contributed by atoms with E-state index in [1.807, 2.05) is 11.8 Å². The third kappa shape index (κ3) is 2.34. The molecule has 114 valence electrons. The van der Waals surface area contributed by atoms with Gasteiger partial charge < -0.3 is 4.90 Å². The fourth-order valence-electron chi connectivity index (χ4n) is 3.86. The minimum absolute atomic E-state index is 0.116. The van der Waals surface area contributed by atoms with E-state index in [4.69, 9.17) is 0 Å². The normalized spacial score (nSPS) is 34.6. The van der Waals surface area contributed by atoms with Gasteiger partial charge in [-0.2, -0.15) is 11.8 Å². The molecule has 1 saturated heterocycles. The molecule has 1 aromatic heterocycles. The lowest BCUT2D eigenvalue weighted by Gasteiger charge is -2.37. The minimum Gasteiger partial charge on any atom is -0.317 e. The van der Waals surface area contributed by atoms with Crippen molar-refractivity contribution < 1.29 is 4.79 Å². The number of carbonyl (C=O) groups excluding carboxylic acids is 1. The first-order valence-electron chi connectivity index (χ1n) is 7.90. The number of nitrogens with zero attached hydrogens (tertiary/aromatic N) is 1. The molecule has 1 N–H and O–H groups in total. The van der Waals surface area contributed by atoms with Crippen LogP contribution in [0.25, 0.3) is 0 Å². The zero-order valence-corrected chi connectivity index (χ0v) is 14.0. The summed E-state index contributed by atoms with van der Waals surface area (Å²) in [7, 11) is 0. The predicted octanol–water partition coefficient (Wildman–Crippen LogP) is 3.39. The van der Waals surface area contributed by atoms with Crippen LogP contribution in [0.15, 0.2) is 17.5 Å². The summed E-state index contributed by atoms with van der Waals surface area (Å²) < 4.78 is 0. The SMILES string of the molecule is CSC1CCCC(N2C(=O)C3(CC3)NC2c2cccs2)C1. The maximum Gasteiger partial charge on any atom is 0.244 e. The Morgan fingerprint density at radius 2 is 2.29 bits per heavy atom. The fourth-order valence-corrected chi connectivity index (χ4v) is 5.45. The predicted molar refractivity (Wildman–Crippen MR) is 88.6 cm³/mol. The number of amides is 1. The van der Waals surface area contributed by atoms with Crippen molar-refractivity contribution in [3.63, 3.8) is 0 Å². The van der Waals surface area contributed by atoms with E-state index in [9.17, 15) is 4.79 Å². The van der Waals surface area contributed by atoms with Gasteiger partial charge in [-0.05, 0) is 49.8 Å². The van der Waals surface area contributed by atoms with E-state index in [1.54, 1.807) is 11.3 Å². The quantitative estimate of drug-likeness (QED) is 0.926. The number of thiophene rings is 1. The molecule has 1 aromatic rings. The van der Waals surface area contributed by atoms with E-state index in [1.165, 1.54) is 24.1 Å². The van der Waals surface area contributed by atoms with Crippen LogP contribution in [0.5, 0.6) is 0 Å². The molecule has 0 bridgehead atoms. The zero-order chi connectivity index (χ0) is 14.4. The summed E-state index contributed by atoms with van der Waals surface area (Å²) in [5.41, 5.74) is -0.207. The lowest BCUT2D eigenvalue weighted by molar-refractivity contribution is -0.133. The molecular formula is C16H22N2OS2. The van der Waals surface area contributed by atoms with Crippen molar-refractivity contribution in [2.75, 3.05) is 6.26 Å². The van der Waals surface area contributed by atoms with Crippen molar-refractivity contribution in [1.29, 1.82) is 0 Å². The molecule has 1 amide bonds. The Morgan fingerprint density at radius 1 is 1.43 bits per heavy atom. The molecule has 2 aliphatic carbocycles. The summed E-state index contributed by atoms with van der Waals surface area (Å²) in [6, 6.07) is 4.68. The van der Waals surface area contributed by atoms with Crippen molar-refractivity contribution in [2.24, 2.45) is 0 Å². The number of hydrogen-bond acceptors (Lipinski definition) is 4. The minimum atomic E-state index is -0.207. The van der Waals surface area contributed by atoms with Gasteiger partial charge in [-0.3, -0.25) is 10.1 Å². The first kappa shape index (κ1) is 14.1. The van der Waals surface area contributed by atoms with Crippen molar-refractivity contribution in [3.8, 4) is 0 Å². The lowest BCUT2D eigenvalue weighted by atomic mass is 9.93.